The third-order valence-corrected chi connectivity index (χ3v) is 6.65. The molecule has 2 heterocycles. The minimum Gasteiger partial charge on any atom is -0.465 e. The summed E-state index contributed by atoms with van der Waals surface area (Å²) in [7, 11) is 1.32. The van der Waals surface area contributed by atoms with Crippen molar-refractivity contribution >= 4 is 46.1 Å². The van der Waals surface area contributed by atoms with E-state index in [0.717, 1.165) is 21.1 Å². The lowest BCUT2D eigenvalue weighted by molar-refractivity contribution is 0.0600. The van der Waals surface area contributed by atoms with Crippen molar-refractivity contribution in [2.45, 2.75) is 31.7 Å². The minimum atomic E-state index is -0.498. The zero-order valence-electron chi connectivity index (χ0n) is 17.1. The predicted molar refractivity (Wildman–Crippen MR) is 118 cm³/mol. The number of nitrogens with one attached hydrogen (secondary N) is 1. The third kappa shape index (κ3) is 4.79. The second kappa shape index (κ2) is 9.99. The zero-order chi connectivity index (χ0) is 21.7. The normalized spacial score (nSPS) is 12.8. The van der Waals surface area contributed by atoms with Crippen LogP contribution >= 0.6 is 23.1 Å². The zero-order valence-corrected chi connectivity index (χ0v) is 18.8. The van der Waals surface area contributed by atoms with Gasteiger partial charge in [0.05, 0.1) is 25.8 Å². The van der Waals surface area contributed by atoms with Crippen molar-refractivity contribution in [3.63, 3.8) is 0 Å². The second-order valence-electron chi connectivity index (χ2n) is 6.48. The first-order valence-electron chi connectivity index (χ1n) is 9.67. The molecule has 0 spiro atoms. The van der Waals surface area contributed by atoms with Crippen LogP contribution in [0.5, 0.6) is 0 Å². The van der Waals surface area contributed by atoms with E-state index in [1.165, 1.54) is 18.4 Å². The van der Waals surface area contributed by atoms with Crippen LogP contribution in [0.15, 0.2) is 29.2 Å². The molecule has 1 aliphatic rings. The Bertz CT molecular complexity index is 940. The second-order valence-corrected chi connectivity index (χ2v) is 8.92. The summed E-state index contributed by atoms with van der Waals surface area (Å²) in [5.74, 6) is 0.161. The lowest BCUT2D eigenvalue weighted by Crippen LogP contribution is -2.36. The molecule has 0 unspecified atom stereocenters. The lowest BCUT2D eigenvalue weighted by Gasteiger charge is -2.26. The summed E-state index contributed by atoms with van der Waals surface area (Å²) in [6.07, 6.45) is 0.111. The first-order chi connectivity index (χ1) is 14.5. The summed E-state index contributed by atoms with van der Waals surface area (Å²) in [6, 6.07) is 7.34. The third-order valence-electron chi connectivity index (χ3n) is 4.63. The average Bonchev–Trinajstić information content (AvgIpc) is 3.11. The van der Waals surface area contributed by atoms with Gasteiger partial charge in [-0.25, -0.2) is 9.59 Å². The van der Waals surface area contributed by atoms with Gasteiger partial charge in [0.1, 0.15) is 5.00 Å². The number of hydrogen-bond acceptors (Lipinski definition) is 7. The molecule has 1 N–H and O–H groups in total. The van der Waals surface area contributed by atoms with E-state index < -0.39 is 5.97 Å². The van der Waals surface area contributed by atoms with Crippen LogP contribution in [0, 0.1) is 0 Å². The Labute approximate surface area is 183 Å². The number of methoxy groups -OCH3 is 1. The van der Waals surface area contributed by atoms with Crippen molar-refractivity contribution in [1.82, 2.24) is 4.90 Å². The quantitative estimate of drug-likeness (QED) is 0.520. The Kier molecular flexibility index (Phi) is 7.38. The van der Waals surface area contributed by atoms with Crippen molar-refractivity contribution in [3.8, 4) is 0 Å². The molecule has 0 atom stereocenters. The molecule has 1 aliphatic heterocycles. The maximum atomic E-state index is 12.8. The number of rotatable bonds is 6. The number of thioether (sulfide) groups is 1. The Morgan fingerprint density at radius 2 is 1.93 bits per heavy atom. The van der Waals surface area contributed by atoms with E-state index in [2.05, 4.69) is 12.2 Å². The number of carbonyl (C=O) groups excluding carboxylic acids is 3. The van der Waals surface area contributed by atoms with Crippen molar-refractivity contribution < 1.29 is 23.9 Å². The van der Waals surface area contributed by atoms with Gasteiger partial charge < -0.3 is 19.7 Å². The molecule has 9 heteroatoms. The molecule has 30 heavy (non-hydrogen) atoms. The van der Waals surface area contributed by atoms with Gasteiger partial charge in [-0.2, -0.15) is 0 Å². The number of nitrogens with zero attached hydrogens (tertiary/aromatic N) is 1. The molecular formula is C21H24N2O5S2. The lowest BCUT2D eigenvalue weighted by atomic mass is 10.0. The van der Waals surface area contributed by atoms with Crippen LogP contribution in [0.2, 0.25) is 0 Å². The number of amides is 2. The molecule has 0 fully saturated rings. The highest BCUT2D eigenvalue weighted by Gasteiger charge is 2.31. The van der Waals surface area contributed by atoms with Gasteiger partial charge in [-0.3, -0.25) is 4.79 Å². The maximum Gasteiger partial charge on any atom is 0.410 e. The van der Waals surface area contributed by atoms with Crippen LogP contribution in [-0.4, -0.2) is 48.9 Å². The van der Waals surface area contributed by atoms with Crippen molar-refractivity contribution in [1.29, 1.82) is 0 Å². The summed E-state index contributed by atoms with van der Waals surface area (Å²) >= 11 is 2.99. The Morgan fingerprint density at radius 3 is 2.57 bits per heavy atom. The van der Waals surface area contributed by atoms with Crippen LogP contribution < -0.4 is 5.32 Å². The summed E-state index contributed by atoms with van der Waals surface area (Å²) in [4.78, 5) is 40.8. The van der Waals surface area contributed by atoms with Gasteiger partial charge in [0.25, 0.3) is 5.91 Å². The molecule has 0 aliphatic carbocycles. The smallest absolute Gasteiger partial charge is 0.410 e. The Hall–Kier alpha value is -2.52. The molecule has 0 bridgehead atoms. The van der Waals surface area contributed by atoms with Gasteiger partial charge in [0.2, 0.25) is 0 Å². The van der Waals surface area contributed by atoms with E-state index in [1.54, 1.807) is 35.7 Å². The number of anilines is 1. The average molecular weight is 449 g/mol. The standard InChI is InChI=1S/C21H24N2O5S2/c1-4-28-21(26)23-11-10-15-16(12-23)30-19(17(15)20(25)27-3)22-18(24)13-6-8-14(9-7-13)29-5-2/h6-9H,4-5,10-12H2,1-3H3,(H,22,24). The molecule has 160 valence electrons. The van der Waals surface area contributed by atoms with E-state index in [4.69, 9.17) is 9.47 Å². The monoisotopic (exact) mass is 448 g/mol. The molecule has 2 amide bonds. The summed E-state index contributed by atoms with van der Waals surface area (Å²) in [5.41, 5.74) is 1.69. The number of thiophene rings is 1. The van der Waals surface area contributed by atoms with E-state index in [1.807, 2.05) is 12.1 Å². The number of ether oxygens (including phenoxy) is 2. The molecule has 3 rings (SSSR count). The summed E-state index contributed by atoms with van der Waals surface area (Å²) in [5, 5.41) is 3.30. The van der Waals surface area contributed by atoms with E-state index in [0.29, 0.717) is 42.2 Å². The highest BCUT2D eigenvalue weighted by molar-refractivity contribution is 7.99. The van der Waals surface area contributed by atoms with Gasteiger partial charge in [-0.1, -0.05) is 6.92 Å². The molecule has 0 radical (unpaired) electrons. The Balaban J connectivity index is 1.85. The van der Waals surface area contributed by atoms with E-state index in [9.17, 15) is 14.4 Å². The first-order valence-corrected chi connectivity index (χ1v) is 11.5. The number of benzene rings is 1. The fourth-order valence-electron chi connectivity index (χ4n) is 3.22. The fourth-order valence-corrected chi connectivity index (χ4v) is 5.13. The number of carbonyl (C=O) groups is 3. The molecule has 2 aromatic rings. The summed E-state index contributed by atoms with van der Waals surface area (Å²) < 4.78 is 10.0. The SMILES string of the molecule is CCOC(=O)N1CCc2c(sc(NC(=O)c3ccc(SCC)cc3)c2C(=O)OC)C1. The van der Waals surface area contributed by atoms with Gasteiger partial charge in [0.15, 0.2) is 0 Å². The van der Waals surface area contributed by atoms with Crippen LogP contribution in [-0.2, 0) is 22.4 Å². The van der Waals surface area contributed by atoms with Crippen molar-refractivity contribution in [2.75, 3.05) is 31.3 Å². The van der Waals surface area contributed by atoms with Gasteiger partial charge in [-0.05, 0) is 48.9 Å². The molecule has 7 nitrogen and oxygen atoms in total. The van der Waals surface area contributed by atoms with Crippen molar-refractivity contribution in [3.05, 3.63) is 45.8 Å². The largest absolute Gasteiger partial charge is 0.465 e. The molecular weight excluding hydrogens is 424 g/mol. The number of esters is 1. The molecule has 1 aromatic heterocycles. The van der Waals surface area contributed by atoms with Gasteiger partial charge in [0, 0.05) is 21.9 Å². The predicted octanol–water partition coefficient (Wildman–Crippen LogP) is 4.41. The van der Waals surface area contributed by atoms with E-state index in [-0.39, 0.29) is 12.0 Å². The molecule has 0 saturated heterocycles. The van der Waals surface area contributed by atoms with E-state index >= 15 is 0 Å². The first kappa shape index (κ1) is 22.2. The van der Waals surface area contributed by atoms with Crippen LogP contribution in [0.4, 0.5) is 9.80 Å². The minimum absolute atomic E-state index is 0.297. The highest BCUT2D eigenvalue weighted by atomic mass is 32.2. The highest BCUT2D eigenvalue weighted by Crippen LogP contribution is 2.38. The number of hydrogen-bond donors (Lipinski definition) is 1. The molecule has 1 aromatic carbocycles. The molecule has 0 saturated carbocycles. The van der Waals surface area contributed by atoms with Crippen molar-refractivity contribution in [2.24, 2.45) is 0 Å². The van der Waals surface area contributed by atoms with Crippen LogP contribution in [0.3, 0.4) is 0 Å². The van der Waals surface area contributed by atoms with Crippen LogP contribution in [0.25, 0.3) is 0 Å². The number of fused-ring (bicyclic) bond motifs is 1. The Morgan fingerprint density at radius 1 is 1.20 bits per heavy atom. The topological polar surface area (TPSA) is 84.9 Å². The summed E-state index contributed by atoms with van der Waals surface area (Å²) in [6.45, 7) is 4.91. The fraction of sp³-hybridized carbons (Fsp3) is 0.381. The maximum absolute atomic E-state index is 12.8. The van der Waals surface area contributed by atoms with Gasteiger partial charge >= 0.3 is 12.1 Å². The van der Waals surface area contributed by atoms with Gasteiger partial charge in [-0.15, -0.1) is 23.1 Å². The van der Waals surface area contributed by atoms with Crippen LogP contribution in [0.1, 0.15) is 45.0 Å².